The molecule has 1 aliphatic rings. The van der Waals surface area contributed by atoms with Crippen LogP contribution in [0.2, 0.25) is 5.02 Å². The number of rotatable bonds is 7. The van der Waals surface area contributed by atoms with E-state index < -0.39 is 0 Å². The predicted octanol–water partition coefficient (Wildman–Crippen LogP) is 2.93. The number of nitrogens with one attached hydrogen (secondary N) is 1. The second-order valence-electron chi connectivity index (χ2n) is 5.50. The van der Waals surface area contributed by atoms with Gasteiger partial charge in [0.15, 0.2) is 0 Å². The zero-order valence-electron chi connectivity index (χ0n) is 12.3. The number of halogens is 1. The molecule has 0 spiro atoms. The summed E-state index contributed by atoms with van der Waals surface area (Å²) in [7, 11) is 2.13. The van der Waals surface area contributed by atoms with Gasteiger partial charge in [0, 0.05) is 24.7 Å². The molecule has 0 aromatic heterocycles. The Morgan fingerprint density at radius 2 is 2.05 bits per heavy atom. The highest BCUT2D eigenvalue weighted by Crippen LogP contribution is 2.16. The van der Waals surface area contributed by atoms with Crippen molar-refractivity contribution in [3.63, 3.8) is 0 Å². The van der Waals surface area contributed by atoms with E-state index in [4.69, 9.17) is 16.3 Å². The van der Waals surface area contributed by atoms with Gasteiger partial charge in [-0.2, -0.15) is 0 Å². The third-order valence-corrected chi connectivity index (χ3v) is 4.09. The summed E-state index contributed by atoms with van der Waals surface area (Å²) in [6.45, 7) is 4.98. The third-order valence-electron chi connectivity index (χ3n) is 3.72. The lowest BCUT2D eigenvalue weighted by Crippen LogP contribution is -2.33. The molecule has 0 aliphatic carbocycles. The first-order valence-corrected chi connectivity index (χ1v) is 7.88. The summed E-state index contributed by atoms with van der Waals surface area (Å²) in [6.07, 6.45) is 3.83. The van der Waals surface area contributed by atoms with Gasteiger partial charge < -0.3 is 15.0 Å². The van der Waals surface area contributed by atoms with Crippen LogP contribution in [0, 0.1) is 0 Å². The van der Waals surface area contributed by atoms with E-state index in [1.54, 1.807) is 0 Å². The quantitative estimate of drug-likeness (QED) is 0.783. The number of piperidine rings is 1. The third kappa shape index (κ3) is 5.41. The van der Waals surface area contributed by atoms with E-state index in [2.05, 4.69) is 23.3 Å². The Morgan fingerprint density at radius 1 is 1.30 bits per heavy atom. The molecule has 1 N–H and O–H groups in total. The first-order valence-electron chi connectivity index (χ1n) is 7.50. The molecule has 0 amide bonds. The molecule has 1 aliphatic heterocycles. The van der Waals surface area contributed by atoms with E-state index in [9.17, 15) is 0 Å². The van der Waals surface area contributed by atoms with Crippen LogP contribution in [0.15, 0.2) is 24.3 Å². The lowest BCUT2D eigenvalue weighted by Gasteiger charge is -2.23. The van der Waals surface area contributed by atoms with E-state index in [1.165, 1.54) is 5.56 Å². The van der Waals surface area contributed by atoms with Gasteiger partial charge in [-0.15, -0.1) is 0 Å². The molecule has 1 fully saturated rings. The Hall–Kier alpha value is -0.610. The largest absolute Gasteiger partial charge is 0.378 e. The minimum atomic E-state index is 0.463. The Balaban J connectivity index is 1.60. The SMILES string of the molecule is CN(CCCOC1CCNCC1)Cc1ccccc1Cl. The fourth-order valence-corrected chi connectivity index (χ4v) is 2.74. The first kappa shape index (κ1) is 15.8. The van der Waals surface area contributed by atoms with E-state index in [1.807, 2.05) is 18.2 Å². The van der Waals surface area contributed by atoms with Crippen LogP contribution in [-0.2, 0) is 11.3 Å². The molecule has 0 unspecified atom stereocenters. The lowest BCUT2D eigenvalue weighted by atomic mass is 10.1. The van der Waals surface area contributed by atoms with Gasteiger partial charge in [0.1, 0.15) is 0 Å². The zero-order valence-corrected chi connectivity index (χ0v) is 13.0. The van der Waals surface area contributed by atoms with Crippen molar-refractivity contribution < 1.29 is 4.74 Å². The maximum absolute atomic E-state index is 6.17. The van der Waals surface area contributed by atoms with E-state index in [-0.39, 0.29) is 0 Å². The second kappa shape index (κ2) is 8.63. The van der Waals surface area contributed by atoms with Crippen LogP contribution in [0.4, 0.5) is 0 Å². The molecule has 1 saturated heterocycles. The lowest BCUT2D eigenvalue weighted by molar-refractivity contribution is 0.0284. The first-order chi connectivity index (χ1) is 9.75. The van der Waals surface area contributed by atoms with Crippen molar-refractivity contribution in [3.8, 4) is 0 Å². The van der Waals surface area contributed by atoms with Gasteiger partial charge in [0.2, 0.25) is 0 Å². The summed E-state index contributed by atoms with van der Waals surface area (Å²) >= 11 is 6.17. The van der Waals surface area contributed by atoms with Crippen LogP contribution in [0.1, 0.15) is 24.8 Å². The maximum Gasteiger partial charge on any atom is 0.0599 e. The summed E-state index contributed by atoms with van der Waals surface area (Å²) in [6, 6.07) is 8.04. The van der Waals surface area contributed by atoms with Crippen molar-refractivity contribution in [1.82, 2.24) is 10.2 Å². The molecule has 1 heterocycles. The highest BCUT2D eigenvalue weighted by molar-refractivity contribution is 6.31. The molecule has 20 heavy (non-hydrogen) atoms. The predicted molar refractivity (Wildman–Crippen MR) is 84.2 cm³/mol. The molecule has 2 rings (SSSR count). The normalized spacial score (nSPS) is 16.8. The molecule has 112 valence electrons. The molecule has 0 atom stereocenters. The Labute approximate surface area is 127 Å². The van der Waals surface area contributed by atoms with E-state index >= 15 is 0 Å². The summed E-state index contributed by atoms with van der Waals surface area (Å²) in [5.41, 5.74) is 1.19. The van der Waals surface area contributed by atoms with Gasteiger partial charge in [-0.05, 0) is 51.0 Å². The van der Waals surface area contributed by atoms with Crippen molar-refractivity contribution in [2.24, 2.45) is 0 Å². The molecular weight excluding hydrogens is 272 g/mol. The van der Waals surface area contributed by atoms with E-state index in [0.717, 1.165) is 57.1 Å². The van der Waals surface area contributed by atoms with Crippen LogP contribution in [0.3, 0.4) is 0 Å². The molecule has 0 radical (unpaired) electrons. The number of ether oxygens (including phenoxy) is 1. The van der Waals surface area contributed by atoms with Gasteiger partial charge in [-0.1, -0.05) is 29.8 Å². The van der Waals surface area contributed by atoms with Gasteiger partial charge >= 0.3 is 0 Å². The summed E-state index contributed by atoms with van der Waals surface area (Å²) < 4.78 is 5.91. The number of benzene rings is 1. The average Bonchev–Trinajstić information content (AvgIpc) is 2.47. The Morgan fingerprint density at radius 3 is 2.80 bits per heavy atom. The van der Waals surface area contributed by atoms with Gasteiger partial charge in [0.25, 0.3) is 0 Å². The molecule has 0 bridgehead atoms. The fraction of sp³-hybridized carbons (Fsp3) is 0.625. The van der Waals surface area contributed by atoms with Crippen LogP contribution < -0.4 is 5.32 Å². The number of hydrogen-bond donors (Lipinski definition) is 1. The minimum Gasteiger partial charge on any atom is -0.378 e. The molecule has 3 nitrogen and oxygen atoms in total. The molecule has 1 aromatic carbocycles. The van der Waals surface area contributed by atoms with E-state index in [0.29, 0.717) is 6.10 Å². The highest BCUT2D eigenvalue weighted by Gasteiger charge is 2.12. The number of hydrogen-bond acceptors (Lipinski definition) is 3. The molecular formula is C16H25ClN2O. The topological polar surface area (TPSA) is 24.5 Å². The standard InChI is InChI=1S/C16H25ClN2O/c1-19(13-14-5-2-3-6-16(14)17)11-4-12-20-15-7-9-18-10-8-15/h2-3,5-6,15,18H,4,7-13H2,1H3. The summed E-state index contributed by atoms with van der Waals surface area (Å²) in [5, 5.41) is 4.21. The maximum atomic E-state index is 6.17. The highest BCUT2D eigenvalue weighted by atomic mass is 35.5. The molecule has 4 heteroatoms. The minimum absolute atomic E-state index is 0.463. The Kier molecular flexibility index (Phi) is 6.80. The average molecular weight is 297 g/mol. The van der Waals surface area contributed by atoms with Crippen molar-refractivity contribution in [1.29, 1.82) is 0 Å². The van der Waals surface area contributed by atoms with Crippen LogP contribution >= 0.6 is 11.6 Å². The molecule has 0 saturated carbocycles. The fourth-order valence-electron chi connectivity index (χ4n) is 2.54. The van der Waals surface area contributed by atoms with Crippen molar-refractivity contribution in [2.45, 2.75) is 31.9 Å². The zero-order chi connectivity index (χ0) is 14.2. The second-order valence-corrected chi connectivity index (χ2v) is 5.91. The van der Waals surface area contributed by atoms with Gasteiger partial charge in [-0.3, -0.25) is 0 Å². The Bertz CT molecular complexity index is 394. The summed E-state index contributed by atoms with van der Waals surface area (Å²) in [4.78, 5) is 2.30. The van der Waals surface area contributed by atoms with Gasteiger partial charge in [-0.25, -0.2) is 0 Å². The van der Waals surface area contributed by atoms with Crippen molar-refractivity contribution in [2.75, 3.05) is 33.3 Å². The van der Waals surface area contributed by atoms with Crippen LogP contribution in [0.25, 0.3) is 0 Å². The summed E-state index contributed by atoms with van der Waals surface area (Å²) in [5.74, 6) is 0. The van der Waals surface area contributed by atoms with Crippen LogP contribution in [0.5, 0.6) is 0 Å². The smallest absolute Gasteiger partial charge is 0.0599 e. The monoisotopic (exact) mass is 296 g/mol. The van der Waals surface area contributed by atoms with Crippen LogP contribution in [-0.4, -0.2) is 44.3 Å². The number of nitrogens with zero attached hydrogens (tertiary/aromatic N) is 1. The molecule has 1 aromatic rings. The van der Waals surface area contributed by atoms with Crippen molar-refractivity contribution >= 4 is 11.6 Å². The van der Waals surface area contributed by atoms with Gasteiger partial charge in [0.05, 0.1) is 6.10 Å². The van der Waals surface area contributed by atoms with Crippen molar-refractivity contribution in [3.05, 3.63) is 34.9 Å².